The van der Waals surface area contributed by atoms with Crippen LogP contribution in [0.25, 0.3) is 11.2 Å². The molecule has 200 valence electrons. The van der Waals surface area contributed by atoms with Gasteiger partial charge in [0.15, 0.2) is 33.6 Å². The molecule has 13 heteroatoms. The van der Waals surface area contributed by atoms with E-state index < -0.39 is 0 Å². The number of anilines is 1. The number of ether oxygens (including phenoxy) is 4. The molecule has 3 aromatic rings. The minimum Gasteiger partial charge on any atom is -0.454 e. The highest BCUT2D eigenvalue weighted by molar-refractivity contribution is 7.99. The van der Waals surface area contributed by atoms with Crippen LogP contribution in [-0.4, -0.2) is 77.1 Å². The number of carbonyl (C=O) groups excluding carboxylic acids is 1. The van der Waals surface area contributed by atoms with Crippen molar-refractivity contribution in [1.82, 2.24) is 24.4 Å². The second kappa shape index (κ2) is 11.8. The SMILES string of the molecule is COCCOCC(=O)N1CCC(CCn2c(Sc3cc4c(cc3C#N)OCO4)nc3c(N)ncnc32)CC1. The zero-order valence-corrected chi connectivity index (χ0v) is 21.9. The van der Waals surface area contributed by atoms with Gasteiger partial charge in [0.2, 0.25) is 12.7 Å². The van der Waals surface area contributed by atoms with E-state index >= 15 is 0 Å². The van der Waals surface area contributed by atoms with Crippen molar-refractivity contribution in [3.8, 4) is 17.6 Å². The first-order valence-electron chi connectivity index (χ1n) is 12.4. The topological polar surface area (TPSA) is 151 Å². The van der Waals surface area contributed by atoms with Gasteiger partial charge in [0.1, 0.15) is 19.0 Å². The van der Waals surface area contributed by atoms with Gasteiger partial charge in [0.25, 0.3) is 0 Å². The van der Waals surface area contributed by atoms with Crippen LogP contribution in [0.1, 0.15) is 24.8 Å². The minimum atomic E-state index is 0.0167. The Bertz CT molecular complexity index is 1350. The summed E-state index contributed by atoms with van der Waals surface area (Å²) in [5.41, 5.74) is 7.77. The Morgan fingerprint density at radius 1 is 1.24 bits per heavy atom. The maximum Gasteiger partial charge on any atom is 0.248 e. The molecular formula is C25H29N7O5S. The summed E-state index contributed by atoms with van der Waals surface area (Å²) >= 11 is 1.36. The van der Waals surface area contributed by atoms with E-state index in [0.717, 1.165) is 19.3 Å². The third-order valence-corrected chi connectivity index (χ3v) is 7.76. The van der Waals surface area contributed by atoms with Gasteiger partial charge in [0.05, 0.1) is 18.8 Å². The first-order chi connectivity index (χ1) is 18.6. The maximum absolute atomic E-state index is 12.4. The standard InChI is InChI=1S/C25H29N7O5S/c1-34-8-9-35-13-21(33)31-5-2-16(3-6-31)4-7-32-24-22(23(27)28-14-29-24)30-25(32)38-20-11-19-18(36-15-37-19)10-17(20)12-26/h10-11,14,16H,2-9,13,15H2,1H3,(H2,27,28,29). The van der Waals surface area contributed by atoms with Crippen molar-refractivity contribution in [1.29, 1.82) is 5.26 Å². The predicted octanol–water partition coefficient (Wildman–Crippen LogP) is 2.45. The number of aromatic nitrogens is 4. The van der Waals surface area contributed by atoms with Crippen molar-refractivity contribution in [2.45, 2.75) is 35.9 Å². The quantitative estimate of drug-likeness (QED) is 0.378. The second-order valence-electron chi connectivity index (χ2n) is 9.05. The summed E-state index contributed by atoms with van der Waals surface area (Å²) in [4.78, 5) is 28.3. The lowest BCUT2D eigenvalue weighted by Crippen LogP contribution is -2.40. The summed E-state index contributed by atoms with van der Waals surface area (Å²) in [7, 11) is 1.60. The van der Waals surface area contributed by atoms with Crippen molar-refractivity contribution in [2.24, 2.45) is 5.92 Å². The third kappa shape index (κ3) is 5.62. The van der Waals surface area contributed by atoms with E-state index in [4.69, 9.17) is 29.7 Å². The highest BCUT2D eigenvalue weighted by Crippen LogP contribution is 2.41. The van der Waals surface area contributed by atoms with Crippen LogP contribution in [0.15, 0.2) is 28.5 Å². The Labute approximate surface area is 224 Å². The number of hydrogen-bond donors (Lipinski definition) is 1. The number of nitrogens with zero attached hydrogens (tertiary/aromatic N) is 6. The molecule has 0 aliphatic carbocycles. The van der Waals surface area contributed by atoms with Gasteiger partial charge in [-0.1, -0.05) is 11.8 Å². The van der Waals surface area contributed by atoms with Crippen molar-refractivity contribution in [3.63, 3.8) is 0 Å². The van der Waals surface area contributed by atoms with Crippen molar-refractivity contribution in [2.75, 3.05) is 52.5 Å². The molecule has 5 rings (SSSR count). The number of aryl methyl sites for hydroxylation is 1. The number of rotatable bonds is 10. The highest BCUT2D eigenvalue weighted by Gasteiger charge is 2.25. The lowest BCUT2D eigenvalue weighted by Gasteiger charge is -2.32. The summed E-state index contributed by atoms with van der Waals surface area (Å²) in [6.45, 7) is 3.18. The number of benzene rings is 1. The molecule has 1 amide bonds. The van der Waals surface area contributed by atoms with Crippen LogP contribution in [0.5, 0.6) is 11.5 Å². The van der Waals surface area contributed by atoms with Crippen LogP contribution < -0.4 is 15.2 Å². The molecule has 1 aromatic carbocycles. The molecule has 0 spiro atoms. The summed E-state index contributed by atoms with van der Waals surface area (Å²) < 4.78 is 23.3. The smallest absolute Gasteiger partial charge is 0.248 e. The van der Waals surface area contributed by atoms with E-state index in [2.05, 4.69) is 16.0 Å². The van der Waals surface area contributed by atoms with Gasteiger partial charge >= 0.3 is 0 Å². The molecule has 0 atom stereocenters. The molecule has 2 aliphatic heterocycles. The number of methoxy groups -OCH3 is 1. The minimum absolute atomic E-state index is 0.0167. The Hall–Kier alpha value is -3.60. The second-order valence-corrected chi connectivity index (χ2v) is 10.1. The number of nitriles is 1. The normalized spacial score (nSPS) is 15.2. The first kappa shape index (κ1) is 26.0. The fourth-order valence-electron chi connectivity index (χ4n) is 4.58. The predicted molar refractivity (Wildman–Crippen MR) is 138 cm³/mol. The number of carbonyl (C=O) groups is 1. The van der Waals surface area contributed by atoms with E-state index in [0.29, 0.717) is 82.9 Å². The summed E-state index contributed by atoms with van der Waals surface area (Å²) in [5.74, 6) is 1.92. The molecule has 0 bridgehead atoms. The average Bonchev–Trinajstić information content (AvgIpc) is 3.54. The van der Waals surface area contributed by atoms with E-state index in [1.165, 1.54) is 18.1 Å². The molecule has 1 saturated heterocycles. The molecule has 0 unspecified atom stereocenters. The molecule has 4 heterocycles. The number of likely N-dealkylation sites (tertiary alicyclic amines) is 1. The van der Waals surface area contributed by atoms with Gasteiger partial charge in [-0.3, -0.25) is 4.79 Å². The van der Waals surface area contributed by atoms with Gasteiger partial charge in [-0.25, -0.2) is 15.0 Å². The fourth-order valence-corrected chi connectivity index (χ4v) is 5.58. The van der Waals surface area contributed by atoms with Crippen LogP contribution in [0, 0.1) is 17.2 Å². The lowest BCUT2D eigenvalue weighted by atomic mass is 9.93. The lowest BCUT2D eigenvalue weighted by molar-refractivity contribution is -0.138. The maximum atomic E-state index is 12.4. The van der Waals surface area contributed by atoms with Gasteiger partial charge in [-0.05, 0) is 31.2 Å². The largest absolute Gasteiger partial charge is 0.454 e. The van der Waals surface area contributed by atoms with Crippen molar-refractivity contribution in [3.05, 3.63) is 24.0 Å². The molecule has 2 N–H and O–H groups in total. The number of nitrogen functional groups attached to an aromatic ring is 1. The Balaban J connectivity index is 1.28. The third-order valence-electron chi connectivity index (χ3n) is 6.71. The van der Waals surface area contributed by atoms with Crippen LogP contribution in [-0.2, 0) is 20.8 Å². The van der Waals surface area contributed by atoms with E-state index in [9.17, 15) is 10.1 Å². The van der Waals surface area contributed by atoms with Gasteiger partial charge < -0.3 is 34.1 Å². The Morgan fingerprint density at radius 3 is 2.79 bits per heavy atom. The summed E-state index contributed by atoms with van der Waals surface area (Å²) in [5, 5.41) is 10.4. The van der Waals surface area contributed by atoms with E-state index in [-0.39, 0.29) is 19.3 Å². The molecule has 2 aliphatic rings. The monoisotopic (exact) mass is 539 g/mol. The molecule has 0 saturated carbocycles. The summed E-state index contributed by atoms with van der Waals surface area (Å²) in [6.07, 6.45) is 4.15. The average molecular weight is 540 g/mol. The highest BCUT2D eigenvalue weighted by atomic mass is 32.2. The number of hydrogen-bond acceptors (Lipinski definition) is 11. The molecule has 38 heavy (non-hydrogen) atoms. The molecular weight excluding hydrogens is 510 g/mol. The van der Waals surface area contributed by atoms with Gasteiger partial charge in [-0.2, -0.15) is 5.26 Å². The molecule has 0 radical (unpaired) electrons. The van der Waals surface area contributed by atoms with Gasteiger partial charge in [-0.15, -0.1) is 0 Å². The number of fused-ring (bicyclic) bond motifs is 2. The Morgan fingerprint density at radius 2 is 2.03 bits per heavy atom. The van der Waals surface area contributed by atoms with Crippen molar-refractivity contribution >= 4 is 34.7 Å². The van der Waals surface area contributed by atoms with Crippen LogP contribution in [0.3, 0.4) is 0 Å². The zero-order chi connectivity index (χ0) is 26.5. The van der Waals surface area contributed by atoms with Crippen LogP contribution in [0.2, 0.25) is 0 Å². The van der Waals surface area contributed by atoms with Gasteiger partial charge in [0, 0.05) is 37.7 Å². The van der Waals surface area contributed by atoms with Crippen LogP contribution in [0.4, 0.5) is 5.82 Å². The number of nitrogens with two attached hydrogens (primary N) is 1. The number of amides is 1. The fraction of sp³-hybridized carbons (Fsp3) is 0.480. The molecule has 2 aromatic heterocycles. The Kier molecular flexibility index (Phi) is 8.11. The summed E-state index contributed by atoms with van der Waals surface area (Å²) in [6, 6.07) is 5.72. The first-order valence-corrected chi connectivity index (χ1v) is 13.2. The van der Waals surface area contributed by atoms with E-state index in [1.54, 1.807) is 19.2 Å². The number of imidazole rings is 1. The van der Waals surface area contributed by atoms with Crippen molar-refractivity contribution < 1.29 is 23.7 Å². The molecule has 12 nitrogen and oxygen atoms in total. The number of piperidine rings is 1. The molecule has 1 fully saturated rings. The van der Waals surface area contributed by atoms with Crippen LogP contribution >= 0.6 is 11.8 Å². The zero-order valence-electron chi connectivity index (χ0n) is 21.1. The van der Waals surface area contributed by atoms with E-state index in [1.807, 2.05) is 9.47 Å².